The zero-order valence-corrected chi connectivity index (χ0v) is 14.3. The fraction of sp³-hybridized carbons (Fsp3) is 0.235. The van der Waals surface area contributed by atoms with E-state index in [0.29, 0.717) is 23.9 Å². The number of carbonyl (C=O) groups is 1. The minimum Gasteiger partial charge on any atom is -0.497 e. The van der Waals surface area contributed by atoms with Crippen LogP contribution in [0.4, 0.5) is 0 Å². The Morgan fingerprint density at radius 2 is 1.74 bits per heavy atom. The molecular weight excluding hydrogens is 334 g/mol. The molecule has 0 aliphatic carbocycles. The summed E-state index contributed by atoms with van der Waals surface area (Å²) < 4.78 is 10.6. The van der Waals surface area contributed by atoms with Crippen molar-refractivity contribution in [2.75, 3.05) is 26.0 Å². The summed E-state index contributed by atoms with van der Waals surface area (Å²) in [7, 11) is 1.62. The number of benzene rings is 2. The molecule has 6 heteroatoms. The van der Waals surface area contributed by atoms with Crippen LogP contribution in [-0.4, -0.2) is 31.9 Å². The number of amides is 1. The molecule has 0 radical (unpaired) electrons. The second kappa shape index (κ2) is 9.33. The lowest BCUT2D eigenvalue weighted by Gasteiger charge is -2.08. The van der Waals surface area contributed by atoms with Crippen molar-refractivity contribution in [1.29, 1.82) is 0 Å². The van der Waals surface area contributed by atoms with Crippen molar-refractivity contribution in [3.05, 3.63) is 53.6 Å². The highest BCUT2D eigenvalue weighted by Gasteiger charge is 2.03. The van der Waals surface area contributed by atoms with E-state index in [1.54, 1.807) is 7.11 Å². The number of hydrogen-bond donors (Lipinski definition) is 1. The fourth-order valence-corrected chi connectivity index (χ4v) is 2.62. The van der Waals surface area contributed by atoms with Crippen molar-refractivity contribution in [3.8, 4) is 11.5 Å². The van der Waals surface area contributed by atoms with Crippen LogP contribution < -0.4 is 14.8 Å². The number of nitrogens with one attached hydrogen (secondary N) is 1. The molecule has 0 aliphatic heterocycles. The van der Waals surface area contributed by atoms with Crippen molar-refractivity contribution in [3.63, 3.8) is 0 Å². The van der Waals surface area contributed by atoms with Crippen LogP contribution in [0.3, 0.4) is 0 Å². The molecular formula is C17H18ClNO3S. The van der Waals surface area contributed by atoms with E-state index in [2.05, 4.69) is 5.32 Å². The molecule has 1 N–H and O–H groups in total. The van der Waals surface area contributed by atoms with Gasteiger partial charge in [0, 0.05) is 9.92 Å². The van der Waals surface area contributed by atoms with Crippen molar-refractivity contribution < 1.29 is 14.3 Å². The molecule has 0 spiro atoms. The summed E-state index contributed by atoms with van der Waals surface area (Å²) in [6.45, 7) is 0.885. The van der Waals surface area contributed by atoms with Gasteiger partial charge in [-0.2, -0.15) is 0 Å². The number of rotatable bonds is 8. The molecule has 4 nitrogen and oxygen atoms in total. The Hall–Kier alpha value is -1.85. The van der Waals surface area contributed by atoms with Gasteiger partial charge in [-0.25, -0.2) is 0 Å². The first-order valence-electron chi connectivity index (χ1n) is 7.09. The zero-order chi connectivity index (χ0) is 16.5. The highest BCUT2D eigenvalue weighted by Crippen LogP contribution is 2.20. The first-order valence-corrected chi connectivity index (χ1v) is 8.45. The van der Waals surface area contributed by atoms with Gasteiger partial charge in [-0.05, 0) is 48.5 Å². The molecule has 1 amide bonds. The second-order valence-corrected chi connectivity index (χ2v) is 6.10. The Kier molecular flexibility index (Phi) is 7.10. The van der Waals surface area contributed by atoms with Crippen LogP contribution in [0.1, 0.15) is 0 Å². The molecule has 2 rings (SSSR count). The van der Waals surface area contributed by atoms with Crippen LogP contribution >= 0.6 is 23.4 Å². The molecule has 0 fully saturated rings. The quantitative estimate of drug-likeness (QED) is 0.582. The van der Waals surface area contributed by atoms with Crippen LogP contribution in [0.5, 0.6) is 11.5 Å². The van der Waals surface area contributed by atoms with Crippen LogP contribution in [-0.2, 0) is 4.79 Å². The Morgan fingerprint density at radius 1 is 1.09 bits per heavy atom. The van der Waals surface area contributed by atoms with E-state index in [9.17, 15) is 4.79 Å². The molecule has 0 saturated heterocycles. The van der Waals surface area contributed by atoms with E-state index in [4.69, 9.17) is 21.1 Å². The minimum absolute atomic E-state index is 0.0247. The van der Waals surface area contributed by atoms with Crippen LogP contribution in [0.25, 0.3) is 0 Å². The number of hydrogen-bond acceptors (Lipinski definition) is 4. The molecule has 0 aromatic heterocycles. The third-order valence-corrected chi connectivity index (χ3v) is 4.20. The molecule has 0 bridgehead atoms. The smallest absolute Gasteiger partial charge is 0.230 e. The third-order valence-electron chi connectivity index (χ3n) is 2.94. The topological polar surface area (TPSA) is 47.6 Å². The summed E-state index contributed by atoms with van der Waals surface area (Å²) in [5.41, 5.74) is 0. The van der Waals surface area contributed by atoms with Gasteiger partial charge in [-0.15, -0.1) is 11.8 Å². The first kappa shape index (κ1) is 17.5. The normalized spacial score (nSPS) is 10.2. The summed E-state index contributed by atoms with van der Waals surface area (Å²) in [5, 5.41) is 3.51. The maximum Gasteiger partial charge on any atom is 0.230 e. The number of carbonyl (C=O) groups excluding carboxylic acids is 1. The summed E-state index contributed by atoms with van der Waals surface area (Å²) in [6, 6.07) is 14.7. The summed E-state index contributed by atoms with van der Waals surface area (Å²) >= 11 is 7.29. The predicted molar refractivity (Wildman–Crippen MR) is 93.7 cm³/mol. The van der Waals surface area contributed by atoms with E-state index in [1.165, 1.54) is 11.8 Å². The lowest BCUT2D eigenvalue weighted by molar-refractivity contribution is -0.118. The fourth-order valence-electron chi connectivity index (χ4n) is 1.76. The Balaban J connectivity index is 1.61. The van der Waals surface area contributed by atoms with Crippen LogP contribution in [0.2, 0.25) is 5.02 Å². The van der Waals surface area contributed by atoms with Gasteiger partial charge >= 0.3 is 0 Å². The summed E-state index contributed by atoms with van der Waals surface area (Å²) in [4.78, 5) is 12.8. The van der Waals surface area contributed by atoms with Crippen molar-refractivity contribution in [2.24, 2.45) is 0 Å². The number of ether oxygens (including phenoxy) is 2. The third kappa shape index (κ3) is 6.42. The largest absolute Gasteiger partial charge is 0.497 e. The Bertz CT molecular complexity index is 617. The van der Waals surface area contributed by atoms with Crippen molar-refractivity contribution >= 4 is 29.3 Å². The standard InChI is InChI=1S/C17H18ClNO3S/c1-21-14-4-6-15(7-5-14)22-11-10-19-17(20)12-23-16-8-2-13(18)3-9-16/h2-9H,10-12H2,1H3,(H,19,20). The Morgan fingerprint density at radius 3 is 2.39 bits per heavy atom. The van der Waals surface area contributed by atoms with E-state index >= 15 is 0 Å². The van der Waals surface area contributed by atoms with Crippen LogP contribution in [0.15, 0.2) is 53.4 Å². The monoisotopic (exact) mass is 351 g/mol. The maximum atomic E-state index is 11.7. The first-order chi connectivity index (χ1) is 11.2. The van der Waals surface area contributed by atoms with E-state index in [0.717, 1.165) is 16.4 Å². The molecule has 0 aliphatic rings. The molecule has 2 aromatic rings. The summed E-state index contributed by atoms with van der Waals surface area (Å²) in [5.74, 6) is 1.87. The predicted octanol–water partition coefficient (Wildman–Crippen LogP) is 3.64. The molecule has 122 valence electrons. The van der Waals surface area contributed by atoms with Gasteiger partial charge in [0.2, 0.25) is 5.91 Å². The van der Waals surface area contributed by atoms with E-state index in [-0.39, 0.29) is 5.91 Å². The van der Waals surface area contributed by atoms with Gasteiger partial charge < -0.3 is 14.8 Å². The van der Waals surface area contributed by atoms with E-state index in [1.807, 2.05) is 48.5 Å². The van der Waals surface area contributed by atoms with Gasteiger partial charge in [0.05, 0.1) is 19.4 Å². The highest BCUT2D eigenvalue weighted by atomic mass is 35.5. The molecule has 0 unspecified atom stereocenters. The van der Waals surface area contributed by atoms with Gasteiger partial charge in [-0.3, -0.25) is 4.79 Å². The number of methoxy groups -OCH3 is 1. The molecule has 0 heterocycles. The SMILES string of the molecule is COc1ccc(OCCNC(=O)CSc2ccc(Cl)cc2)cc1. The van der Waals surface area contributed by atoms with Gasteiger partial charge in [-0.1, -0.05) is 11.6 Å². The van der Waals surface area contributed by atoms with Crippen LogP contribution in [0, 0.1) is 0 Å². The Labute approximate surface area is 145 Å². The van der Waals surface area contributed by atoms with Gasteiger partial charge in [0.25, 0.3) is 0 Å². The number of thioether (sulfide) groups is 1. The molecule has 0 atom stereocenters. The lowest BCUT2D eigenvalue weighted by Crippen LogP contribution is -2.29. The molecule has 23 heavy (non-hydrogen) atoms. The van der Waals surface area contributed by atoms with Gasteiger partial charge in [0.1, 0.15) is 18.1 Å². The van der Waals surface area contributed by atoms with Crippen molar-refractivity contribution in [1.82, 2.24) is 5.32 Å². The molecule has 2 aromatic carbocycles. The number of halogens is 1. The molecule has 0 saturated carbocycles. The summed E-state index contributed by atoms with van der Waals surface area (Å²) in [6.07, 6.45) is 0. The minimum atomic E-state index is -0.0247. The second-order valence-electron chi connectivity index (χ2n) is 4.62. The highest BCUT2D eigenvalue weighted by molar-refractivity contribution is 8.00. The van der Waals surface area contributed by atoms with Gasteiger partial charge in [0.15, 0.2) is 0 Å². The zero-order valence-electron chi connectivity index (χ0n) is 12.8. The van der Waals surface area contributed by atoms with E-state index < -0.39 is 0 Å². The van der Waals surface area contributed by atoms with Crippen molar-refractivity contribution in [2.45, 2.75) is 4.90 Å². The average molecular weight is 352 g/mol. The lowest BCUT2D eigenvalue weighted by atomic mass is 10.3. The average Bonchev–Trinajstić information content (AvgIpc) is 2.59. The maximum absolute atomic E-state index is 11.7.